The minimum Gasteiger partial charge on any atom is -0.322 e. The molecule has 130 valence electrons. The first-order valence-corrected chi connectivity index (χ1v) is 7.99. The number of amides is 2. The van der Waals surface area contributed by atoms with E-state index in [2.05, 4.69) is 15.6 Å². The van der Waals surface area contributed by atoms with Gasteiger partial charge < -0.3 is 10.6 Å². The van der Waals surface area contributed by atoms with Gasteiger partial charge in [0.1, 0.15) is 11.5 Å². The predicted molar refractivity (Wildman–Crippen MR) is 98.0 cm³/mol. The monoisotopic (exact) mass is 369 g/mol. The molecule has 3 rings (SSSR count). The molecule has 0 aliphatic heterocycles. The van der Waals surface area contributed by atoms with Gasteiger partial charge in [0.15, 0.2) is 0 Å². The van der Waals surface area contributed by atoms with Crippen LogP contribution in [0.25, 0.3) is 0 Å². The number of carbonyl (C=O) groups excluding carboxylic acids is 2. The summed E-state index contributed by atoms with van der Waals surface area (Å²) in [6.45, 7) is 0. The Kier molecular flexibility index (Phi) is 5.24. The third-order valence-electron chi connectivity index (χ3n) is 3.44. The molecule has 0 spiro atoms. The van der Waals surface area contributed by atoms with E-state index in [9.17, 15) is 14.0 Å². The second kappa shape index (κ2) is 7.76. The molecule has 1 heterocycles. The van der Waals surface area contributed by atoms with Gasteiger partial charge in [-0.25, -0.2) is 4.39 Å². The molecule has 0 saturated carbocycles. The van der Waals surface area contributed by atoms with E-state index in [1.807, 2.05) is 0 Å². The van der Waals surface area contributed by atoms with Crippen molar-refractivity contribution in [2.45, 2.75) is 0 Å². The molecule has 0 fully saturated rings. The summed E-state index contributed by atoms with van der Waals surface area (Å²) in [5.41, 5.74) is 1.29. The number of aromatic nitrogens is 1. The topological polar surface area (TPSA) is 71.1 Å². The van der Waals surface area contributed by atoms with Crippen LogP contribution in [0.15, 0.2) is 66.9 Å². The number of carbonyl (C=O) groups is 2. The van der Waals surface area contributed by atoms with E-state index in [1.54, 1.807) is 24.3 Å². The highest BCUT2D eigenvalue weighted by Gasteiger charge is 2.12. The van der Waals surface area contributed by atoms with Crippen molar-refractivity contribution in [3.63, 3.8) is 0 Å². The van der Waals surface area contributed by atoms with Gasteiger partial charge in [-0.05, 0) is 54.6 Å². The number of hydrogen-bond acceptors (Lipinski definition) is 3. The fourth-order valence-electron chi connectivity index (χ4n) is 2.19. The molecule has 0 atom stereocenters. The fourth-order valence-corrected chi connectivity index (χ4v) is 2.38. The molecule has 1 aromatic heterocycles. The molecule has 3 aromatic rings. The first-order chi connectivity index (χ1) is 12.5. The number of hydrogen-bond donors (Lipinski definition) is 2. The van der Waals surface area contributed by atoms with Crippen LogP contribution in [0.3, 0.4) is 0 Å². The van der Waals surface area contributed by atoms with Gasteiger partial charge in [0.25, 0.3) is 11.8 Å². The van der Waals surface area contributed by atoms with Crippen LogP contribution in [-0.2, 0) is 0 Å². The van der Waals surface area contributed by atoms with Crippen LogP contribution in [0.1, 0.15) is 20.8 Å². The van der Waals surface area contributed by atoms with Crippen molar-refractivity contribution in [1.29, 1.82) is 0 Å². The van der Waals surface area contributed by atoms with Gasteiger partial charge in [0.05, 0.1) is 0 Å². The van der Waals surface area contributed by atoms with E-state index >= 15 is 0 Å². The van der Waals surface area contributed by atoms with E-state index in [4.69, 9.17) is 11.6 Å². The zero-order valence-corrected chi connectivity index (χ0v) is 14.1. The van der Waals surface area contributed by atoms with Gasteiger partial charge in [0.2, 0.25) is 0 Å². The second-order valence-electron chi connectivity index (χ2n) is 5.36. The largest absolute Gasteiger partial charge is 0.322 e. The Bertz CT molecular complexity index is 961. The summed E-state index contributed by atoms with van der Waals surface area (Å²) < 4.78 is 12.9. The lowest BCUT2D eigenvalue weighted by atomic mass is 10.2. The average molecular weight is 370 g/mol. The molecule has 2 N–H and O–H groups in total. The lowest BCUT2D eigenvalue weighted by molar-refractivity contribution is 0.102. The minimum absolute atomic E-state index is 0.0803. The van der Waals surface area contributed by atoms with Crippen molar-refractivity contribution in [3.05, 3.63) is 89.0 Å². The molecular formula is C19H13ClFN3O2. The number of pyridine rings is 1. The highest BCUT2D eigenvalue weighted by Crippen LogP contribution is 2.16. The van der Waals surface area contributed by atoms with Crippen LogP contribution in [0, 0.1) is 5.82 Å². The van der Waals surface area contributed by atoms with E-state index in [0.717, 1.165) is 0 Å². The molecule has 0 aliphatic rings. The van der Waals surface area contributed by atoms with Crippen LogP contribution < -0.4 is 10.6 Å². The van der Waals surface area contributed by atoms with Crippen LogP contribution >= 0.6 is 11.6 Å². The maximum absolute atomic E-state index is 12.9. The average Bonchev–Trinajstić information content (AvgIpc) is 2.64. The van der Waals surface area contributed by atoms with Gasteiger partial charge in [0, 0.05) is 28.2 Å². The molecular weight excluding hydrogens is 357 g/mol. The van der Waals surface area contributed by atoms with Gasteiger partial charge in [-0.1, -0.05) is 17.7 Å². The molecule has 0 bridgehead atoms. The Hall–Kier alpha value is -3.25. The highest BCUT2D eigenvalue weighted by atomic mass is 35.5. The normalized spacial score (nSPS) is 10.2. The van der Waals surface area contributed by atoms with Crippen molar-refractivity contribution in [3.8, 4) is 0 Å². The van der Waals surface area contributed by atoms with Crippen LogP contribution in [0.2, 0.25) is 5.02 Å². The molecule has 2 amide bonds. The third-order valence-corrected chi connectivity index (χ3v) is 3.67. The summed E-state index contributed by atoms with van der Waals surface area (Å²) in [6, 6.07) is 14.9. The first kappa shape index (κ1) is 17.6. The molecule has 7 heteroatoms. The Balaban J connectivity index is 1.73. The molecule has 0 saturated heterocycles. The number of nitrogens with one attached hydrogen (secondary N) is 2. The van der Waals surface area contributed by atoms with Crippen LogP contribution in [0.5, 0.6) is 0 Å². The molecule has 0 unspecified atom stereocenters. The standard InChI is InChI=1S/C19H13ClFN3O2/c20-13-2-1-3-16(11-13)24-19(26)17-10-12(8-9-22-17)18(25)23-15-6-4-14(21)5-7-15/h1-11H,(H,23,25)(H,24,26). The third kappa shape index (κ3) is 4.43. The van der Waals surface area contributed by atoms with E-state index in [1.165, 1.54) is 42.6 Å². The van der Waals surface area contributed by atoms with Crippen LogP contribution in [0.4, 0.5) is 15.8 Å². The van der Waals surface area contributed by atoms with Crippen LogP contribution in [-0.4, -0.2) is 16.8 Å². The minimum atomic E-state index is -0.469. The van der Waals surface area contributed by atoms with Crippen molar-refractivity contribution in [2.24, 2.45) is 0 Å². The zero-order valence-electron chi connectivity index (χ0n) is 13.4. The Morgan fingerprint density at radius 1 is 0.885 bits per heavy atom. The van der Waals surface area contributed by atoms with Gasteiger partial charge in [-0.15, -0.1) is 0 Å². The van der Waals surface area contributed by atoms with Crippen molar-refractivity contribution >= 4 is 34.8 Å². The number of anilines is 2. The quantitative estimate of drug-likeness (QED) is 0.717. The smallest absolute Gasteiger partial charge is 0.274 e. The molecule has 5 nitrogen and oxygen atoms in total. The summed E-state index contributed by atoms with van der Waals surface area (Å²) in [5.74, 6) is -1.30. The first-order valence-electron chi connectivity index (χ1n) is 7.61. The molecule has 0 radical (unpaired) electrons. The molecule has 26 heavy (non-hydrogen) atoms. The lowest BCUT2D eigenvalue weighted by Crippen LogP contribution is -2.17. The highest BCUT2D eigenvalue weighted by molar-refractivity contribution is 6.31. The predicted octanol–water partition coefficient (Wildman–Crippen LogP) is 4.38. The maximum Gasteiger partial charge on any atom is 0.274 e. The summed E-state index contributed by atoms with van der Waals surface area (Å²) >= 11 is 5.88. The molecule has 2 aromatic carbocycles. The maximum atomic E-state index is 12.9. The van der Waals surface area contributed by atoms with Gasteiger partial charge >= 0.3 is 0 Å². The number of nitrogens with zero attached hydrogens (tertiary/aromatic N) is 1. The fraction of sp³-hybridized carbons (Fsp3) is 0. The van der Waals surface area contributed by atoms with E-state index in [-0.39, 0.29) is 11.3 Å². The van der Waals surface area contributed by atoms with Gasteiger partial charge in [-0.2, -0.15) is 0 Å². The van der Waals surface area contributed by atoms with E-state index < -0.39 is 17.6 Å². The Morgan fingerprint density at radius 3 is 2.35 bits per heavy atom. The summed E-state index contributed by atoms with van der Waals surface area (Å²) in [4.78, 5) is 28.6. The summed E-state index contributed by atoms with van der Waals surface area (Å²) in [5, 5.41) is 5.78. The van der Waals surface area contributed by atoms with Crippen molar-refractivity contribution in [2.75, 3.05) is 10.6 Å². The number of benzene rings is 2. The number of halogens is 2. The zero-order chi connectivity index (χ0) is 18.5. The van der Waals surface area contributed by atoms with E-state index in [0.29, 0.717) is 16.4 Å². The second-order valence-corrected chi connectivity index (χ2v) is 5.79. The summed E-state index contributed by atoms with van der Waals surface area (Å²) in [7, 11) is 0. The SMILES string of the molecule is O=C(Nc1ccc(F)cc1)c1ccnc(C(=O)Nc2cccc(Cl)c2)c1. The van der Waals surface area contributed by atoms with Crippen molar-refractivity contribution < 1.29 is 14.0 Å². The van der Waals surface area contributed by atoms with Crippen molar-refractivity contribution in [1.82, 2.24) is 4.98 Å². The lowest BCUT2D eigenvalue weighted by Gasteiger charge is -2.08. The number of rotatable bonds is 4. The Labute approximate surface area is 153 Å². The van der Waals surface area contributed by atoms with Gasteiger partial charge in [-0.3, -0.25) is 14.6 Å². The summed E-state index contributed by atoms with van der Waals surface area (Å²) in [6.07, 6.45) is 1.37. The molecule has 0 aliphatic carbocycles. The Morgan fingerprint density at radius 2 is 1.62 bits per heavy atom.